The molecule has 0 aliphatic carbocycles. The zero-order chi connectivity index (χ0) is 14.5. The summed E-state index contributed by atoms with van der Waals surface area (Å²) in [5.74, 6) is 0.721. The third-order valence-corrected chi connectivity index (χ3v) is 3.73. The van der Waals surface area contributed by atoms with Gasteiger partial charge in [0.15, 0.2) is 5.78 Å². The Morgan fingerprint density at radius 2 is 1.60 bits per heavy atom. The fourth-order valence-electron chi connectivity index (χ4n) is 2.43. The van der Waals surface area contributed by atoms with E-state index in [1.807, 2.05) is 18.2 Å². The number of rotatable bonds is 5. The van der Waals surface area contributed by atoms with Crippen LogP contribution in [0, 0.1) is 0 Å². The van der Waals surface area contributed by atoms with Crippen molar-refractivity contribution in [3.05, 3.63) is 70.8 Å². The Hall–Kier alpha value is -1.89. The Morgan fingerprint density at radius 1 is 0.950 bits per heavy atom. The van der Waals surface area contributed by atoms with Crippen LogP contribution in [-0.4, -0.2) is 5.78 Å². The van der Waals surface area contributed by atoms with Crippen molar-refractivity contribution >= 4 is 5.78 Å². The van der Waals surface area contributed by atoms with Gasteiger partial charge < -0.3 is 0 Å². The second-order valence-electron chi connectivity index (χ2n) is 5.61. The van der Waals surface area contributed by atoms with Crippen LogP contribution in [0.15, 0.2) is 48.5 Å². The van der Waals surface area contributed by atoms with Gasteiger partial charge in [-0.3, -0.25) is 4.79 Å². The van der Waals surface area contributed by atoms with E-state index in [1.54, 1.807) is 6.92 Å². The van der Waals surface area contributed by atoms with Gasteiger partial charge in [-0.1, -0.05) is 62.4 Å². The predicted octanol–water partition coefficient (Wildman–Crippen LogP) is 4.80. The molecule has 2 aromatic carbocycles. The van der Waals surface area contributed by atoms with Crippen LogP contribution in [0.5, 0.6) is 0 Å². The van der Waals surface area contributed by atoms with Gasteiger partial charge in [0.2, 0.25) is 0 Å². The molecular weight excluding hydrogens is 244 g/mol. The number of carbonyl (C=O) groups excluding carboxylic acids is 1. The van der Waals surface area contributed by atoms with E-state index in [-0.39, 0.29) is 5.78 Å². The lowest BCUT2D eigenvalue weighted by molar-refractivity contribution is 0.101. The fourth-order valence-corrected chi connectivity index (χ4v) is 2.43. The van der Waals surface area contributed by atoms with E-state index in [0.29, 0.717) is 5.92 Å². The molecule has 0 fully saturated rings. The van der Waals surface area contributed by atoms with Gasteiger partial charge in [-0.15, -0.1) is 0 Å². The number of carbonyl (C=O) groups is 1. The average Bonchev–Trinajstić information content (AvgIpc) is 2.45. The Bertz CT molecular complexity index is 579. The van der Waals surface area contributed by atoms with Crippen molar-refractivity contribution in [1.29, 1.82) is 0 Å². The second-order valence-corrected chi connectivity index (χ2v) is 5.61. The molecule has 0 amide bonds. The Balaban J connectivity index is 2.07. The first-order valence-corrected chi connectivity index (χ1v) is 7.25. The summed E-state index contributed by atoms with van der Waals surface area (Å²) in [6.45, 7) is 6.05. The van der Waals surface area contributed by atoms with Crippen LogP contribution in [0.3, 0.4) is 0 Å². The normalized spacial score (nSPS) is 10.8. The molecule has 0 aliphatic heterocycles. The topological polar surface area (TPSA) is 17.1 Å². The van der Waals surface area contributed by atoms with E-state index < -0.39 is 0 Å². The summed E-state index contributed by atoms with van der Waals surface area (Å²) >= 11 is 0. The predicted molar refractivity (Wildman–Crippen MR) is 84.4 cm³/mol. The lowest BCUT2D eigenvalue weighted by Crippen LogP contribution is -2.01. The van der Waals surface area contributed by atoms with Gasteiger partial charge in [0.25, 0.3) is 0 Å². The van der Waals surface area contributed by atoms with E-state index >= 15 is 0 Å². The molecule has 20 heavy (non-hydrogen) atoms. The highest BCUT2D eigenvalue weighted by Crippen LogP contribution is 2.17. The van der Waals surface area contributed by atoms with Crippen molar-refractivity contribution in [1.82, 2.24) is 0 Å². The molecule has 0 unspecified atom stereocenters. The maximum Gasteiger partial charge on any atom is 0.160 e. The molecule has 2 aromatic rings. The molecule has 0 saturated heterocycles. The van der Waals surface area contributed by atoms with E-state index in [4.69, 9.17) is 0 Å². The van der Waals surface area contributed by atoms with Gasteiger partial charge in [0.05, 0.1) is 0 Å². The van der Waals surface area contributed by atoms with Gasteiger partial charge in [0, 0.05) is 5.56 Å². The average molecular weight is 266 g/mol. The molecule has 0 bridgehead atoms. The molecule has 0 atom stereocenters. The summed E-state index contributed by atoms with van der Waals surface area (Å²) in [7, 11) is 0. The zero-order valence-corrected chi connectivity index (χ0v) is 12.5. The summed E-state index contributed by atoms with van der Waals surface area (Å²) in [5.41, 5.74) is 4.70. The molecule has 0 spiro atoms. The van der Waals surface area contributed by atoms with Gasteiger partial charge >= 0.3 is 0 Å². The van der Waals surface area contributed by atoms with Gasteiger partial charge in [0.1, 0.15) is 0 Å². The minimum atomic E-state index is 0.149. The molecule has 1 heteroatoms. The van der Waals surface area contributed by atoms with Crippen LogP contribution < -0.4 is 0 Å². The standard InChI is InChI=1S/C19H22O/c1-14(2)17-11-8-16(9-12-17)10-13-18-6-4-5-7-19(18)15(3)20/h4-9,11-12,14H,10,13H2,1-3H3. The van der Waals surface area contributed by atoms with Crippen molar-refractivity contribution in [3.8, 4) is 0 Å². The van der Waals surface area contributed by atoms with Gasteiger partial charge in [-0.25, -0.2) is 0 Å². The lowest BCUT2D eigenvalue weighted by atomic mass is 9.96. The molecule has 0 aromatic heterocycles. The van der Waals surface area contributed by atoms with Crippen LogP contribution in [0.4, 0.5) is 0 Å². The molecule has 1 nitrogen and oxygen atoms in total. The monoisotopic (exact) mass is 266 g/mol. The van der Waals surface area contributed by atoms with E-state index in [9.17, 15) is 4.79 Å². The Labute approximate surface area is 121 Å². The minimum Gasteiger partial charge on any atom is -0.295 e. The Morgan fingerprint density at radius 3 is 2.20 bits per heavy atom. The third-order valence-electron chi connectivity index (χ3n) is 3.73. The van der Waals surface area contributed by atoms with Crippen LogP contribution in [0.2, 0.25) is 0 Å². The minimum absolute atomic E-state index is 0.149. The highest BCUT2D eigenvalue weighted by atomic mass is 16.1. The summed E-state index contributed by atoms with van der Waals surface area (Å²) in [6.07, 6.45) is 1.89. The third kappa shape index (κ3) is 3.57. The molecular formula is C19H22O. The van der Waals surface area contributed by atoms with E-state index in [1.165, 1.54) is 11.1 Å². The Kier molecular flexibility index (Phi) is 4.73. The summed E-state index contributed by atoms with van der Waals surface area (Å²) < 4.78 is 0. The van der Waals surface area contributed by atoms with Crippen LogP contribution in [0.1, 0.15) is 53.7 Å². The second kappa shape index (κ2) is 6.51. The van der Waals surface area contributed by atoms with Crippen molar-refractivity contribution in [3.63, 3.8) is 0 Å². The molecule has 0 radical (unpaired) electrons. The number of aryl methyl sites for hydroxylation is 2. The molecule has 2 rings (SSSR count). The molecule has 0 saturated carbocycles. The quantitative estimate of drug-likeness (QED) is 0.711. The number of ketones is 1. The largest absolute Gasteiger partial charge is 0.295 e. The van der Waals surface area contributed by atoms with Gasteiger partial charge in [-0.05, 0) is 42.4 Å². The zero-order valence-electron chi connectivity index (χ0n) is 12.5. The van der Waals surface area contributed by atoms with Gasteiger partial charge in [-0.2, -0.15) is 0 Å². The number of benzene rings is 2. The molecule has 0 heterocycles. The number of Topliss-reactive ketones (excluding diaryl/α,β-unsaturated/α-hetero) is 1. The first kappa shape index (κ1) is 14.5. The van der Waals surface area contributed by atoms with E-state index in [2.05, 4.69) is 44.2 Å². The van der Waals surface area contributed by atoms with Crippen molar-refractivity contribution in [2.75, 3.05) is 0 Å². The summed E-state index contributed by atoms with van der Waals surface area (Å²) in [6, 6.07) is 16.7. The van der Waals surface area contributed by atoms with Crippen LogP contribution >= 0.6 is 0 Å². The number of hydrogen-bond acceptors (Lipinski definition) is 1. The smallest absolute Gasteiger partial charge is 0.160 e. The summed E-state index contributed by atoms with van der Waals surface area (Å²) in [4.78, 5) is 11.6. The maximum atomic E-state index is 11.6. The summed E-state index contributed by atoms with van der Waals surface area (Å²) in [5, 5.41) is 0. The molecule has 0 N–H and O–H groups in total. The number of hydrogen-bond donors (Lipinski definition) is 0. The van der Waals surface area contributed by atoms with Crippen LogP contribution in [-0.2, 0) is 12.8 Å². The van der Waals surface area contributed by atoms with Crippen molar-refractivity contribution in [2.45, 2.75) is 39.5 Å². The molecule has 0 aliphatic rings. The first-order valence-electron chi connectivity index (χ1n) is 7.25. The highest BCUT2D eigenvalue weighted by molar-refractivity contribution is 5.95. The van der Waals surface area contributed by atoms with Crippen molar-refractivity contribution in [2.24, 2.45) is 0 Å². The highest BCUT2D eigenvalue weighted by Gasteiger charge is 2.06. The van der Waals surface area contributed by atoms with Crippen molar-refractivity contribution < 1.29 is 4.79 Å². The van der Waals surface area contributed by atoms with E-state index in [0.717, 1.165) is 24.0 Å². The van der Waals surface area contributed by atoms with Crippen LogP contribution in [0.25, 0.3) is 0 Å². The maximum absolute atomic E-state index is 11.6. The SMILES string of the molecule is CC(=O)c1ccccc1CCc1ccc(C(C)C)cc1. The first-order chi connectivity index (χ1) is 9.58. The fraction of sp³-hybridized carbons (Fsp3) is 0.316. The lowest BCUT2D eigenvalue weighted by Gasteiger charge is -2.09. The molecule has 104 valence electrons.